The van der Waals surface area contributed by atoms with Crippen LogP contribution in [-0.4, -0.2) is 59.6 Å². The predicted molar refractivity (Wildman–Crippen MR) is 127 cm³/mol. The molecule has 1 aromatic carbocycles. The van der Waals surface area contributed by atoms with Gasteiger partial charge in [0, 0.05) is 25.2 Å². The van der Waals surface area contributed by atoms with Gasteiger partial charge in [0.2, 0.25) is 10.0 Å². The van der Waals surface area contributed by atoms with E-state index in [4.69, 9.17) is 0 Å². The van der Waals surface area contributed by atoms with Crippen LogP contribution in [0.25, 0.3) is 22.6 Å². The van der Waals surface area contributed by atoms with Gasteiger partial charge in [0.05, 0.1) is 4.90 Å². The van der Waals surface area contributed by atoms with Gasteiger partial charge < -0.3 is 9.88 Å². The average Bonchev–Trinajstić information content (AvgIpc) is 3.17. The first-order valence-electron chi connectivity index (χ1n) is 10.2. The lowest BCUT2D eigenvalue weighted by Gasteiger charge is -2.10. The molecule has 2 heterocycles. The number of hydrogen-bond acceptors (Lipinski definition) is 6. The Balaban J connectivity index is 0.00000363. The van der Waals surface area contributed by atoms with E-state index in [-0.39, 0.29) is 35.0 Å². The summed E-state index contributed by atoms with van der Waals surface area (Å²) in [7, 11) is 0.255. The highest BCUT2D eigenvalue weighted by Gasteiger charge is 2.18. The molecule has 0 saturated carbocycles. The molecule has 0 spiro atoms. The van der Waals surface area contributed by atoms with Gasteiger partial charge >= 0.3 is 5.69 Å². The van der Waals surface area contributed by atoms with Crippen molar-refractivity contribution in [2.45, 2.75) is 38.3 Å². The Morgan fingerprint density at radius 1 is 1.06 bits per heavy atom. The third kappa shape index (κ3) is 5.12. The van der Waals surface area contributed by atoms with E-state index in [9.17, 15) is 18.0 Å². The quantitative estimate of drug-likeness (QED) is 0.441. The van der Waals surface area contributed by atoms with Crippen LogP contribution in [0.3, 0.4) is 0 Å². The van der Waals surface area contributed by atoms with Gasteiger partial charge in [-0.25, -0.2) is 22.9 Å². The second-order valence-electron chi connectivity index (χ2n) is 7.44. The zero-order valence-corrected chi connectivity index (χ0v) is 20.2. The van der Waals surface area contributed by atoms with Crippen molar-refractivity contribution in [1.82, 2.24) is 28.7 Å². The number of nitrogens with zero attached hydrogens (tertiary/aromatic N) is 4. The maximum absolute atomic E-state index is 12.6. The van der Waals surface area contributed by atoms with E-state index < -0.39 is 21.3 Å². The summed E-state index contributed by atoms with van der Waals surface area (Å²) in [4.78, 5) is 34.7. The number of benzene rings is 1. The van der Waals surface area contributed by atoms with Crippen molar-refractivity contribution in [3.63, 3.8) is 0 Å². The van der Waals surface area contributed by atoms with Crippen LogP contribution in [0.2, 0.25) is 0 Å². The summed E-state index contributed by atoms with van der Waals surface area (Å²) in [6.07, 6.45) is 0.706. The highest BCUT2D eigenvalue weighted by Crippen LogP contribution is 2.20. The molecule has 10 nitrogen and oxygen atoms in total. The fourth-order valence-corrected chi connectivity index (χ4v) is 4.42. The van der Waals surface area contributed by atoms with Crippen molar-refractivity contribution < 1.29 is 8.42 Å². The fraction of sp³-hybridized carbons (Fsp3) is 0.450. The number of aryl methyl sites for hydroxylation is 1. The molecule has 176 valence electrons. The first-order chi connectivity index (χ1) is 14.7. The number of rotatable bonds is 9. The lowest BCUT2D eigenvalue weighted by atomic mass is 10.2. The zero-order valence-electron chi connectivity index (χ0n) is 18.6. The van der Waals surface area contributed by atoms with Gasteiger partial charge in [-0.2, -0.15) is 0 Å². The largest absolute Gasteiger partial charge is 0.332 e. The molecular formula is C20H29ClN6O4S. The van der Waals surface area contributed by atoms with E-state index in [1.807, 2.05) is 25.9 Å². The lowest BCUT2D eigenvalue weighted by Crippen LogP contribution is -2.39. The Morgan fingerprint density at radius 2 is 1.69 bits per heavy atom. The first kappa shape index (κ1) is 25.8. The molecule has 0 radical (unpaired) electrons. The molecule has 0 bridgehead atoms. The van der Waals surface area contributed by atoms with Crippen molar-refractivity contribution in [3.05, 3.63) is 45.1 Å². The van der Waals surface area contributed by atoms with Gasteiger partial charge in [-0.15, -0.1) is 12.4 Å². The van der Waals surface area contributed by atoms with Gasteiger partial charge in [-0.3, -0.25) is 13.9 Å². The molecule has 0 saturated heterocycles. The molecule has 3 aromatic rings. The first-order valence-corrected chi connectivity index (χ1v) is 11.7. The number of H-pyrrole nitrogens is 1. The van der Waals surface area contributed by atoms with Crippen LogP contribution in [0.5, 0.6) is 0 Å². The topological polar surface area (TPSA) is 122 Å². The number of imidazole rings is 1. The molecular weight excluding hydrogens is 456 g/mol. The van der Waals surface area contributed by atoms with Crippen LogP contribution in [0, 0.1) is 0 Å². The van der Waals surface area contributed by atoms with Crippen LogP contribution in [0.1, 0.15) is 20.3 Å². The van der Waals surface area contributed by atoms with Crippen molar-refractivity contribution >= 4 is 33.6 Å². The number of aromatic amines is 1. The minimum atomic E-state index is -3.61. The minimum Gasteiger partial charge on any atom is -0.332 e. The smallest absolute Gasteiger partial charge is 0.332 e. The number of sulfonamides is 1. The van der Waals surface area contributed by atoms with Gasteiger partial charge in [-0.1, -0.05) is 0 Å². The summed E-state index contributed by atoms with van der Waals surface area (Å²) in [6, 6.07) is 6.24. The SMILES string of the molecule is CCn1c(=O)c2[nH]c(-c3ccc(S(=O)(=O)NCCCN(C)C)cc3)nc2n(CC)c1=O.Cl. The van der Waals surface area contributed by atoms with Crippen LogP contribution in [-0.2, 0) is 23.1 Å². The average molecular weight is 485 g/mol. The van der Waals surface area contributed by atoms with Gasteiger partial charge in [0.15, 0.2) is 5.65 Å². The van der Waals surface area contributed by atoms with Crippen LogP contribution >= 0.6 is 12.4 Å². The molecule has 2 aromatic heterocycles. The van der Waals surface area contributed by atoms with Gasteiger partial charge in [0.1, 0.15) is 11.3 Å². The van der Waals surface area contributed by atoms with Gasteiger partial charge in [0.25, 0.3) is 5.56 Å². The van der Waals surface area contributed by atoms with Gasteiger partial charge in [-0.05, 0) is 65.2 Å². The molecule has 0 unspecified atom stereocenters. The van der Waals surface area contributed by atoms with E-state index in [2.05, 4.69) is 14.7 Å². The number of hydrogen-bond donors (Lipinski definition) is 2. The third-order valence-electron chi connectivity index (χ3n) is 5.01. The standard InChI is InChI=1S/C20H28N6O4S.ClH/c1-5-25-18-16(19(27)26(6-2)20(25)28)22-17(23-18)14-8-10-15(11-9-14)31(29,30)21-12-7-13-24(3)4;/h8-11,21H,5-7,12-13H2,1-4H3,(H,22,23);1H. The highest BCUT2D eigenvalue weighted by molar-refractivity contribution is 7.89. The van der Waals surface area contributed by atoms with Crippen molar-refractivity contribution in [1.29, 1.82) is 0 Å². The fourth-order valence-electron chi connectivity index (χ4n) is 3.34. The molecule has 3 rings (SSSR count). The molecule has 0 fully saturated rings. The summed E-state index contributed by atoms with van der Waals surface area (Å²) < 4.78 is 30.1. The Kier molecular flexibility index (Phi) is 8.41. The Bertz CT molecular complexity index is 1290. The molecule has 0 aliphatic heterocycles. The normalized spacial score (nSPS) is 11.8. The molecule has 0 atom stereocenters. The summed E-state index contributed by atoms with van der Waals surface area (Å²) >= 11 is 0. The van der Waals surface area contributed by atoms with Crippen molar-refractivity contribution in [2.24, 2.45) is 0 Å². The molecule has 0 aliphatic rings. The predicted octanol–water partition coefficient (Wildman–Crippen LogP) is 1.24. The molecule has 2 N–H and O–H groups in total. The monoisotopic (exact) mass is 484 g/mol. The summed E-state index contributed by atoms with van der Waals surface area (Å²) in [5.74, 6) is 0.394. The maximum Gasteiger partial charge on any atom is 0.332 e. The van der Waals surface area contributed by atoms with Crippen LogP contribution in [0.4, 0.5) is 0 Å². The summed E-state index contributed by atoms with van der Waals surface area (Å²) in [6.45, 7) is 5.32. The minimum absolute atomic E-state index is 0. The second kappa shape index (κ2) is 10.4. The molecule has 12 heteroatoms. The molecule has 0 amide bonds. The number of fused-ring (bicyclic) bond motifs is 1. The third-order valence-corrected chi connectivity index (χ3v) is 6.48. The second-order valence-corrected chi connectivity index (χ2v) is 9.21. The Hall–Kier alpha value is -2.47. The van der Waals surface area contributed by atoms with E-state index in [1.54, 1.807) is 19.1 Å². The summed E-state index contributed by atoms with van der Waals surface area (Å²) in [5.41, 5.74) is 0.323. The summed E-state index contributed by atoms with van der Waals surface area (Å²) in [5, 5.41) is 0. The van der Waals surface area contributed by atoms with Crippen LogP contribution < -0.4 is 16.0 Å². The maximum atomic E-state index is 12.6. The molecule has 32 heavy (non-hydrogen) atoms. The Labute approximate surface area is 192 Å². The molecule has 0 aliphatic carbocycles. The number of nitrogens with one attached hydrogen (secondary N) is 2. The zero-order chi connectivity index (χ0) is 22.8. The van der Waals surface area contributed by atoms with E-state index >= 15 is 0 Å². The van der Waals surface area contributed by atoms with E-state index in [1.165, 1.54) is 16.7 Å². The lowest BCUT2D eigenvalue weighted by molar-refractivity contribution is 0.400. The van der Waals surface area contributed by atoms with E-state index in [0.717, 1.165) is 11.1 Å². The van der Waals surface area contributed by atoms with Crippen molar-refractivity contribution in [2.75, 3.05) is 27.2 Å². The number of halogens is 1. The highest BCUT2D eigenvalue weighted by atomic mass is 35.5. The van der Waals surface area contributed by atoms with E-state index in [0.29, 0.717) is 30.9 Å². The Morgan fingerprint density at radius 3 is 2.25 bits per heavy atom. The van der Waals surface area contributed by atoms with Crippen LogP contribution in [0.15, 0.2) is 38.8 Å². The number of aromatic nitrogens is 4. The van der Waals surface area contributed by atoms with Crippen molar-refractivity contribution in [3.8, 4) is 11.4 Å².